The first-order valence-electron chi connectivity index (χ1n) is 6.86. The molecule has 5 nitrogen and oxygen atoms in total. The highest BCUT2D eigenvalue weighted by Gasteiger charge is 2.25. The predicted octanol–water partition coefficient (Wildman–Crippen LogP) is 1.05. The molecule has 1 amide bonds. The molecule has 0 aromatic heterocycles. The molecule has 0 spiro atoms. The number of hydrogen-bond acceptors (Lipinski definition) is 4. The topological polar surface area (TPSA) is 64.8 Å². The number of nitrogens with two attached hydrogens (primary N) is 1. The molecular formula is C15H22N2O3. The van der Waals surface area contributed by atoms with E-state index in [9.17, 15) is 4.79 Å². The average Bonchev–Trinajstić information content (AvgIpc) is 2.96. The third kappa shape index (κ3) is 3.22. The minimum absolute atomic E-state index is 0.118. The molecule has 1 aliphatic heterocycles. The van der Waals surface area contributed by atoms with Gasteiger partial charge in [-0.2, -0.15) is 0 Å². The normalized spacial score (nSPS) is 18.1. The molecule has 0 aliphatic carbocycles. The van der Waals surface area contributed by atoms with Crippen LogP contribution >= 0.6 is 0 Å². The Hall–Kier alpha value is -1.75. The molecule has 1 saturated heterocycles. The molecule has 0 radical (unpaired) electrons. The molecule has 20 heavy (non-hydrogen) atoms. The van der Waals surface area contributed by atoms with Gasteiger partial charge in [0.15, 0.2) is 0 Å². The lowest BCUT2D eigenvalue weighted by Gasteiger charge is -2.17. The van der Waals surface area contributed by atoms with Crippen LogP contribution in [0, 0.1) is 5.92 Å². The second kappa shape index (κ2) is 6.61. The first kappa shape index (κ1) is 14.7. The van der Waals surface area contributed by atoms with E-state index in [0.29, 0.717) is 24.6 Å². The van der Waals surface area contributed by atoms with Crippen molar-refractivity contribution in [3.05, 3.63) is 23.8 Å². The fourth-order valence-corrected chi connectivity index (χ4v) is 2.55. The van der Waals surface area contributed by atoms with Crippen molar-refractivity contribution < 1.29 is 14.3 Å². The van der Waals surface area contributed by atoms with Gasteiger partial charge in [0.25, 0.3) is 0 Å². The van der Waals surface area contributed by atoms with E-state index < -0.39 is 0 Å². The van der Waals surface area contributed by atoms with E-state index in [1.807, 2.05) is 23.1 Å². The van der Waals surface area contributed by atoms with Crippen molar-refractivity contribution in [1.29, 1.82) is 0 Å². The van der Waals surface area contributed by atoms with Crippen LogP contribution in [0.3, 0.4) is 0 Å². The van der Waals surface area contributed by atoms with Gasteiger partial charge in [0.05, 0.1) is 20.6 Å². The van der Waals surface area contributed by atoms with Gasteiger partial charge in [-0.3, -0.25) is 4.79 Å². The van der Waals surface area contributed by atoms with E-state index >= 15 is 0 Å². The zero-order valence-electron chi connectivity index (χ0n) is 12.1. The molecule has 1 aromatic carbocycles. The maximum absolute atomic E-state index is 12.3. The number of carbonyl (C=O) groups is 1. The number of likely N-dealkylation sites (tertiary alicyclic amines) is 1. The number of ether oxygens (including phenoxy) is 2. The number of methoxy groups -OCH3 is 2. The van der Waals surface area contributed by atoms with E-state index in [0.717, 1.165) is 30.8 Å². The summed E-state index contributed by atoms with van der Waals surface area (Å²) in [7, 11) is 3.22. The van der Waals surface area contributed by atoms with Gasteiger partial charge in [0.2, 0.25) is 5.91 Å². The van der Waals surface area contributed by atoms with Gasteiger partial charge in [-0.05, 0) is 37.1 Å². The summed E-state index contributed by atoms with van der Waals surface area (Å²) in [6.45, 7) is 2.21. The maximum Gasteiger partial charge on any atom is 0.227 e. The Bertz CT molecular complexity index is 476. The third-order valence-corrected chi connectivity index (χ3v) is 3.80. The SMILES string of the molecule is COc1ccc(OC)c(CC(=O)N2CCC(CN)C2)c1. The Morgan fingerprint density at radius 1 is 1.40 bits per heavy atom. The Kier molecular flexibility index (Phi) is 4.84. The first-order chi connectivity index (χ1) is 9.67. The van der Waals surface area contributed by atoms with Crippen molar-refractivity contribution in [1.82, 2.24) is 4.90 Å². The number of benzene rings is 1. The lowest BCUT2D eigenvalue weighted by Crippen LogP contribution is -2.31. The van der Waals surface area contributed by atoms with E-state index in [1.54, 1.807) is 14.2 Å². The van der Waals surface area contributed by atoms with Crippen molar-refractivity contribution in [2.75, 3.05) is 33.9 Å². The van der Waals surface area contributed by atoms with Gasteiger partial charge in [-0.25, -0.2) is 0 Å². The van der Waals surface area contributed by atoms with E-state index in [2.05, 4.69) is 0 Å². The summed E-state index contributed by atoms with van der Waals surface area (Å²) in [5, 5.41) is 0. The van der Waals surface area contributed by atoms with Gasteiger partial charge in [0, 0.05) is 18.7 Å². The Labute approximate surface area is 119 Å². The van der Waals surface area contributed by atoms with Crippen LogP contribution in [0.2, 0.25) is 0 Å². The molecule has 1 heterocycles. The molecule has 1 aromatic rings. The zero-order valence-corrected chi connectivity index (χ0v) is 12.1. The lowest BCUT2D eigenvalue weighted by atomic mass is 10.1. The predicted molar refractivity (Wildman–Crippen MR) is 77.0 cm³/mol. The maximum atomic E-state index is 12.3. The Morgan fingerprint density at radius 2 is 2.20 bits per heavy atom. The van der Waals surface area contributed by atoms with Crippen LogP contribution in [0.15, 0.2) is 18.2 Å². The Balaban J connectivity index is 2.07. The monoisotopic (exact) mass is 278 g/mol. The molecule has 1 unspecified atom stereocenters. The number of nitrogens with zero attached hydrogens (tertiary/aromatic N) is 1. The quantitative estimate of drug-likeness (QED) is 0.874. The summed E-state index contributed by atoms with van der Waals surface area (Å²) in [6, 6.07) is 5.51. The first-order valence-corrected chi connectivity index (χ1v) is 6.86. The van der Waals surface area contributed by atoms with E-state index in [4.69, 9.17) is 15.2 Å². The van der Waals surface area contributed by atoms with Crippen LogP contribution in [0.5, 0.6) is 11.5 Å². The van der Waals surface area contributed by atoms with Crippen molar-refractivity contribution in [2.24, 2.45) is 11.7 Å². The number of rotatable bonds is 5. The molecule has 0 bridgehead atoms. The molecule has 1 fully saturated rings. The number of hydrogen-bond donors (Lipinski definition) is 1. The summed E-state index contributed by atoms with van der Waals surface area (Å²) in [5.74, 6) is 2.00. The molecular weight excluding hydrogens is 256 g/mol. The van der Waals surface area contributed by atoms with Crippen LogP contribution in [-0.4, -0.2) is 44.7 Å². The van der Waals surface area contributed by atoms with Crippen molar-refractivity contribution >= 4 is 5.91 Å². The van der Waals surface area contributed by atoms with Gasteiger partial charge in [0.1, 0.15) is 11.5 Å². The summed E-state index contributed by atoms with van der Waals surface area (Å²) in [4.78, 5) is 14.2. The van der Waals surface area contributed by atoms with Crippen LogP contribution in [-0.2, 0) is 11.2 Å². The van der Waals surface area contributed by atoms with Gasteiger partial charge in [-0.1, -0.05) is 0 Å². The third-order valence-electron chi connectivity index (χ3n) is 3.80. The second-order valence-electron chi connectivity index (χ2n) is 5.08. The van der Waals surface area contributed by atoms with Crippen LogP contribution in [0.25, 0.3) is 0 Å². The molecule has 0 saturated carbocycles. The van der Waals surface area contributed by atoms with Crippen LogP contribution in [0.4, 0.5) is 0 Å². The van der Waals surface area contributed by atoms with Crippen molar-refractivity contribution in [2.45, 2.75) is 12.8 Å². The lowest BCUT2D eigenvalue weighted by molar-refractivity contribution is -0.129. The molecule has 5 heteroatoms. The molecule has 1 aliphatic rings. The smallest absolute Gasteiger partial charge is 0.227 e. The van der Waals surface area contributed by atoms with Crippen LogP contribution in [0.1, 0.15) is 12.0 Å². The second-order valence-corrected chi connectivity index (χ2v) is 5.08. The average molecular weight is 278 g/mol. The van der Waals surface area contributed by atoms with E-state index in [-0.39, 0.29) is 5.91 Å². The molecule has 1 atom stereocenters. The number of amides is 1. The number of carbonyl (C=O) groups excluding carboxylic acids is 1. The van der Waals surface area contributed by atoms with Gasteiger partial charge >= 0.3 is 0 Å². The summed E-state index contributed by atoms with van der Waals surface area (Å²) < 4.78 is 10.5. The minimum Gasteiger partial charge on any atom is -0.497 e. The van der Waals surface area contributed by atoms with E-state index in [1.165, 1.54) is 0 Å². The summed E-state index contributed by atoms with van der Waals surface area (Å²) in [5.41, 5.74) is 6.51. The highest BCUT2D eigenvalue weighted by molar-refractivity contribution is 5.80. The summed E-state index contributed by atoms with van der Waals surface area (Å²) >= 11 is 0. The fraction of sp³-hybridized carbons (Fsp3) is 0.533. The van der Waals surface area contributed by atoms with Crippen molar-refractivity contribution in [3.63, 3.8) is 0 Å². The van der Waals surface area contributed by atoms with Gasteiger partial charge in [-0.15, -0.1) is 0 Å². The minimum atomic E-state index is 0.118. The highest BCUT2D eigenvalue weighted by Crippen LogP contribution is 2.25. The standard InChI is InChI=1S/C15H22N2O3/c1-19-13-3-4-14(20-2)12(7-13)8-15(18)17-6-5-11(9-16)10-17/h3-4,7,11H,5-6,8-10,16H2,1-2H3. The fourth-order valence-electron chi connectivity index (χ4n) is 2.55. The Morgan fingerprint density at radius 3 is 2.80 bits per heavy atom. The van der Waals surface area contributed by atoms with Gasteiger partial charge < -0.3 is 20.1 Å². The molecule has 2 N–H and O–H groups in total. The summed E-state index contributed by atoms with van der Waals surface area (Å²) in [6.07, 6.45) is 1.33. The largest absolute Gasteiger partial charge is 0.497 e. The van der Waals surface area contributed by atoms with Crippen molar-refractivity contribution in [3.8, 4) is 11.5 Å². The molecule has 2 rings (SSSR count). The zero-order chi connectivity index (χ0) is 14.5. The molecule has 110 valence electrons. The highest BCUT2D eigenvalue weighted by atomic mass is 16.5. The van der Waals surface area contributed by atoms with Crippen LogP contribution < -0.4 is 15.2 Å².